The van der Waals surface area contributed by atoms with Crippen LogP contribution in [0.3, 0.4) is 0 Å². The molecule has 2 N–H and O–H groups in total. The number of benzene rings is 4. The number of hydrogen-bond donors (Lipinski definition) is 2. The molecule has 0 aliphatic heterocycles. The minimum absolute atomic E-state index is 0.0803. The van der Waals surface area contributed by atoms with Crippen LogP contribution in [0.4, 0.5) is 23.3 Å². The number of methoxy groups -OCH3 is 2. The molecule has 6 rings (SSSR count). The molecule has 4 aromatic carbocycles. The summed E-state index contributed by atoms with van der Waals surface area (Å²) in [5.41, 5.74) is 6.49. The Hall–Kier alpha value is -6.09. The van der Waals surface area contributed by atoms with Crippen molar-refractivity contribution in [1.82, 2.24) is 19.9 Å². The molecule has 0 fully saturated rings. The maximum atomic E-state index is 13.1. The number of ketones is 1. The molecule has 0 bridgehead atoms. The first-order chi connectivity index (χ1) is 21.6. The van der Waals surface area contributed by atoms with Crippen molar-refractivity contribution in [3.8, 4) is 33.8 Å². The number of rotatable bonds is 10. The van der Waals surface area contributed by atoms with Crippen LogP contribution in [0.15, 0.2) is 122 Å². The molecular weight excluding hydrogens is 552 g/mol. The Balaban J connectivity index is 1.05. The molecule has 0 saturated carbocycles. The summed E-state index contributed by atoms with van der Waals surface area (Å²) in [5, 5.41) is 6.35. The summed E-state index contributed by atoms with van der Waals surface area (Å²) in [5.74, 6) is 2.43. The zero-order chi connectivity index (χ0) is 30.3. The summed E-state index contributed by atoms with van der Waals surface area (Å²) in [6, 6.07) is 29.9. The van der Waals surface area contributed by atoms with Crippen molar-refractivity contribution in [1.29, 1.82) is 0 Å². The molecule has 216 valence electrons. The summed E-state index contributed by atoms with van der Waals surface area (Å²) in [4.78, 5) is 30.8. The van der Waals surface area contributed by atoms with Gasteiger partial charge in [0.15, 0.2) is 5.78 Å². The SMILES string of the molecule is COc1ccc(-c2cnc(Nc3ccc(C(=O)c4ccc(Nc5ncc(-c6ccc(OC)cc6)cn5)cc4)cc3)nc2)cc1. The first kappa shape index (κ1) is 28.0. The minimum atomic E-state index is -0.0803. The Morgan fingerprint density at radius 2 is 0.818 bits per heavy atom. The number of anilines is 4. The summed E-state index contributed by atoms with van der Waals surface area (Å²) in [6.07, 6.45) is 7.04. The van der Waals surface area contributed by atoms with Crippen LogP contribution in [-0.4, -0.2) is 39.9 Å². The topological polar surface area (TPSA) is 111 Å². The van der Waals surface area contributed by atoms with Gasteiger partial charge in [-0.2, -0.15) is 0 Å². The third-order valence-corrected chi connectivity index (χ3v) is 6.96. The maximum Gasteiger partial charge on any atom is 0.227 e. The van der Waals surface area contributed by atoms with Gasteiger partial charge in [-0.05, 0) is 83.9 Å². The van der Waals surface area contributed by atoms with Gasteiger partial charge in [0, 0.05) is 58.4 Å². The smallest absolute Gasteiger partial charge is 0.227 e. The highest BCUT2D eigenvalue weighted by Gasteiger charge is 2.10. The number of carbonyl (C=O) groups is 1. The van der Waals surface area contributed by atoms with Gasteiger partial charge in [0.25, 0.3) is 0 Å². The van der Waals surface area contributed by atoms with Crippen molar-refractivity contribution in [2.24, 2.45) is 0 Å². The monoisotopic (exact) mass is 580 g/mol. The van der Waals surface area contributed by atoms with E-state index >= 15 is 0 Å². The lowest BCUT2D eigenvalue weighted by Gasteiger charge is -2.09. The van der Waals surface area contributed by atoms with Crippen molar-refractivity contribution >= 4 is 29.1 Å². The predicted molar refractivity (Wildman–Crippen MR) is 171 cm³/mol. The van der Waals surface area contributed by atoms with Crippen molar-refractivity contribution in [2.75, 3.05) is 24.9 Å². The predicted octanol–water partition coefficient (Wildman–Crippen LogP) is 7.34. The Morgan fingerprint density at radius 3 is 1.14 bits per heavy atom. The summed E-state index contributed by atoms with van der Waals surface area (Å²) in [7, 11) is 3.28. The fraction of sp³-hybridized carbons (Fsp3) is 0.0571. The molecule has 9 heteroatoms. The summed E-state index contributed by atoms with van der Waals surface area (Å²) < 4.78 is 10.4. The molecular formula is C35H28N6O3. The van der Waals surface area contributed by atoms with Gasteiger partial charge in [-0.25, -0.2) is 19.9 Å². The summed E-state index contributed by atoms with van der Waals surface area (Å²) in [6.45, 7) is 0. The van der Waals surface area contributed by atoms with Crippen LogP contribution in [0.25, 0.3) is 22.3 Å². The maximum absolute atomic E-state index is 13.1. The highest BCUT2D eigenvalue weighted by atomic mass is 16.5. The number of aromatic nitrogens is 4. The van der Waals surface area contributed by atoms with Crippen LogP contribution in [0.5, 0.6) is 11.5 Å². The summed E-state index contributed by atoms with van der Waals surface area (Å²) >= 11 is 0. The molecule has 0 aliphatic carbocycles. The molecule has 0 atom stereocenters. The number of nitrogens with one attached hydrogen (secondary N) is 2. The van der Waals surface area contributed by atoms with Crippen LogP contribution in [0, 0.1) is 0 Å². The zero-order valence-electron chi connectivity index (χ0n) is 24.1. The fourth-order valence-electron chi connectivity index (χ4n) is 4.48. The highest BCUT2D eigenvalue weighted by Crippen LogP contribution is 2.24. The lowest BCUT2D eigenvalue weighted by Crippen LogP contribution is -2.03. The number of nitrogens with zero attached hydrogens (tertiary/aromatic N) is 4. The third kappa shape index (κ3) is 6.52. The lowest BCUT2D eigenvalue weighted by atomic mass is 10.0. The van der Waals surface area contributed by atoms with Crippen molar-refractivity contribution in [3.05, 3.63) is 133 Å². The molecule has 44 heavy (non-hydrogen) atoms. The van der Waals surface area contributed by atoms with E-state index in [0.717, 1.165) is 45.1 Å². The van der Waals surface area contributed by atoms with Gasteiger partial charge in [-0.15, -0.1) is 0 Å². The van der Waals surface area contributed by atoms with Gasteiger partial charge < -0.3 is 20.1 Å². The first-order valence-electron chi connectivity index (χ1n) is 13.8. The van der Waals surface area contributed by atoms with E-state index in [1.807, 2.05) is 72.8 Å². The van der Waals surface area contributed by atoms with E-state index < -0.39 is 0 Å². The van der Waals surface area contributed by atoms with E-state index in [9.17, 15) is 4.79 Å². The quantitative estimate of drug-likeness (QED) is 0.161. The number of hydrogen-bond acceptors (Lipinski definition) is 9. The van der Waals surface area contributed by atoms with Gasteiger partial charge in [0.1, 0.15) is 11.5 Å². The van der Waals surface area contributed by atoms with E-state index in [1.54, 1.807) is 63.3 Å². The van der Waals surface area contributed by atoms with E-state index in [-0.39, 0.29) is 5.78 Å². The van der Waals surface area contributed by atoms with Crippen LogP contribution in [0.1, 0.15) is 15.9 Å². The second kappa shape index (κ2) is 12.8. The molecule has 0 radical (unpaired) electrons. The van der Waals surface area contributed by atoms with Gasteiger partial charge in [0.2, 0.25) is 11.9 Å². The highest BCUT2D eigenvalue weighted by molar-refractivity contribution is 6.09. The van der Waals surface area contributed by atoms with E-state index in [2.05, 4.69) is 30.6 Å². The number of ether oxygens (including phenoxy) is 2. The Labute approximate surface area is 254 Å². The molecule has 0 unspecified atom stereocenters. The molecule has 9 nitrogen and oxygen atoms in total. The molecule has 2 heterocycles. The Bertz CT molecular complexity index is 1700. The standard InChI is InChI=1S/C35H28N6O3/c1-43-31-15-7-23(8-16-31)27-19-36-34(37-20-27)40-29-11-3-25(4-12-29)33(42)26-5-13-30(14-6-26)41-35-38-21-28(22-39-35)24-9-17-32(44-2)18-10-24/h3-22H,1-2H3,(H,36,37,40)(H,38,39,41). The van der Waals surface area contributed by atoms with Gasteiger partial charge in [0.05, 0.1) is 14.2 Å². The molecule has 2 aromatic heterocycles. The van der Waals surface area contributed by atoms with Crippen LogP contribution < -0.4 is 20.1 Å². The molecule has 0 aliphatic rings. The lowest BCUT2D eigenvalue weighted by molar-refractivity contribution is 0.103. The van der Waals surface area contributed by atoms with Crippen molar-refractivity contribution < 1.29 is 14.3 Å². The van der Waals surface area contributed by atoms with E-state index in [1.165, 1.54) is 0 Å². The van der Waals surface area contributed by atoms with E-state index in [0.29, 0.717) is 23.0 Å². The average Bonchev–Trinajstić information content (AvgIpc) is 3.09. The Morgan fingerprint density at radius 1 is 0.477 bits per heavy atom. The molecule has 6 aromatic rings. The largest absolute Gasteiger partial charge is 0.497 e. The molecule has 0 spiro atoms. The average molecular weight is 581 g/mol. The van der Waals surface area contributed by atoms with Crippen molar-refractivity contribution in [2.45, 2.75) is 0 Å². The normalized spacial score (nSPS) is 10.6. The van der Waals surface area contributed by atoms with Crippen molar-refractivity contribution in [3.63, 3.8) is 0 Å². The van der Waals surface area contributed by atoms with Crippen LogP contribution in [-0.2, 0) is 0 Å². The number of carbonyl (C=O) groups excluding carboxylic acids is 1. The van der Waals surface area contributed by atoms with Gasteiger partial charge >= 0.3 is 0 Å². The van der Waals surface area contributed by atoms with Crippen LogP contribution in [0.2, 0.25) is 0 Å². The van der Waals surface area contributed by atoms with Gasteiger partial charge in [-0.1, -0.05) is 24.3 Å². The van der Waals surface area contributed by atoms with E-state index in [4.69, 9.17) is 9.47 Å². The fourth-order valence-corrected chi connectivity index (χ4v) is 4.48. The van der Waals surface area contributed by atoms with Crippen LogP contribution >= 0.6 is 0 Å². The first-order valence-corrected chi connectivity index (χ1v) is 13.8. The van der Waals surface area contributed by atoms with Gasteiger partial charge in [-0.3, -0.25) is 4.79 Å². The Kier molecular flexibility index (Phi) is 8.18. The zero-order valence-corrected chi connectivity index (χ0v) is 24.1. The second-order valence-corrected chi connectivity index (χ2v) is 9.78. The minimum Gasteiger partial charge on any atom is -0.497 e. The molecule has 0 saturated heterocycles. The second-order valence-electron chi connectivity index (χ2n) is 9.78. The third-order valence-electron chi connectivity index (χ3n) is 6.96. The molecule has 0 amide bonds.